The number of aromatic nitrogens is 1. The minimum Gasteiger partial charge on any atom is -0.406 e. The van der Waals surface area contributed by atoms with Crippen molar-refractivity contribution in [3.8, 4) is 5.75 Å². The quantitative estimate of drug-likeness (QED) is 0.407. The van der Waals surface area contributed by atoms with Gasteiger partial charge in [0.25, 0.3) is 6.02 Å². The van der Waals surface area contributed by atoms with E-state index < -0.39 is 23.1 Å². The van der Waals surface area contributed by atoms with Gasteiger partial charge >= 0.3 is 12.6 Å². The Labute approximate surface area is 215 Å². The molecule has 2 aromatic rings. The number of aliphatic imine (C=N–C) groups is 1. The number of nitro groups is 1. The van der Waals surface area contributed by atoms with Gasteiger partial charge in [0.15, 0.2) is 0 Å². The second-order valence-corrected chi connectivity index (χ2v) is 9.18. The molecule has 0 bridgehead atoms. The molecule has 2 N–H and O–H groups in total. The summed E-state index contributed by atoms with van der Waals surface area (Å²) < 4.78 is 46.3. The molecule has 1 aromatic carbocycles. The average Bonchev–Trinajstić information content (AvgIpc) is 3.30. The number of rotatable bonds is 7. The molecule has 11 nitrogen and oxygen atoms in total. The zero-order valence-electron chi connectivity index (χ0n) is 20.0. The topological polar surface area (TPSA) is 126 Å². The van der Waals surface area contributed by atoms with Gasteiger partial charge in [0.2, 0.25) is 0 Å². The SMILES string of the molecule is O=[N+]([O-])[C@@H]1C=CN2C(=NCC2NCc2ccc(N3CCC(O)(c4ccc(OC(F)(F)F)cc4)CC3)nc2)O1. The molecule has 38 heavy (non-hydrogen) atoms. The third-order valence-electron chi connectivity index (χ3n) is 6.69. The fourth-order valence-corrected chi connectivity index (χ4v) is 4.63. The van der Waals surface area contributed by atoms with Crippen LogP contribution in [0.1, 0.15) is 24.0 Å². The molecule has 14 heteroatoms. The second-order valence-electron chi connectivity index (χ2n) is 9.18. The van der Waals surface area contributed by atoms with Gasteiger partial charge in [-0.05, 0) is 42.2 Å². The number of anilines is 1. The number of amidine groups is 1. The van der Waals surface area contributed by atoms with Crippen molar-refractivity contribution in [2.75, 3.05) is 24.5 Å². The lowest BCUT2D eigenvalue weighted by molar-refractivity contribution is -0.552. The first-order chi connectivity index (χ1) is 18.1. The fourth-order valence-electron chi connectivity index (χ4n) is 4.63. The van der Waals surface area contributed by atoms with Crippen LogP contribution in [0.2, 0.25) is 0 Å². The Balaban J connectivity index is 1.12. The van der Waals surface area contributed by atoms with Crippen LogP contribution >= 0.6 is 0 Å². The van der Waals surface area contributed by atoms with Crippen molar-refractivity contribution >= 4 is 11.8 Å². The molecule has 1 fully saturated rings. The Morgan fingerprint density at radius 3 is 2.58 bits per heavy atom. The highest BCUT2D eigenvalue weighted by molar-refractivity contribution is 5.78. The molecule has 3 aliphatic heterocycles. The van der Waals surface area contributed by atoms with Crippen LogP contribution in [-0.4, -0.2) is 64.3 Å². The predicted octanol–water partition coefficient (Wildman–Crippen LogP) is 2.70. The number of fused-ring (bicyclic) bond motifs is 1. The van der Waals surface area contributed by atoms with Gasteiger partial charge in [-0.2, -0.15) is 0 Å². The van der Waals surface area contributed by atoms with E-state index in [9.17, 15) is 28.4 Å². The lowest BCUT2D eigenvalue weighted by Crippen LogP contribution is -2.46. The highest BCUT2D eigenvalue weighted by Crippen LogP contribution is 2.35. The molecular weight excluding hydrogens is 509 g/mol. The Morgan fingerprint density at radius 1 is 1.21 bits per heavy atom. The van der Waals surface area contributed by atoms with E-state index in [1.807, 2.05) is 17.0 Å². The zero-order chi connectivity index (χ0) is 26.9. The van der Waals surface area contributed by atoms with Gasteiger partial charge in [-0.1, -0.05) is 18.2 Å². The molecule has 1 unspecified atom stereocenters. The van der Waals surface area contributed by atoms with Gasteiger partial charge < -0.3 is 19.5 Å². The number of nitrogens with one attached hydrogen (secondary N) is 1. The summed E-state index contributed by atoms with van der Waals surface area (Å²) in [6.07, 6.45) is -0.677. The van der Waals surface area contributed by atoms with Crippen LogP contribution < -0.4 is 15.0 Å². The Kier molecular flexibility index (Phi) is 6.84. The number of nitrogens with zero attached hydrogens (tertiary/aromatic N) is 5. The molecule has 1 aromatic heterocycles. The van der Waals surface area contributed by atoms with Crippen molar-refractivity contribution in [2.45, 2.75) is 43.7 Å². The molecule has 0 aliphatic carbocycles. The van der Waals surface area contributed by atoms with E-state index in [0.717, 1.165) is 11.4 Å². The Bertz CT molecular complexity index is 1210. The van der Waals surface area contributed by atoms with E-state index in [4.69, 9.17) is 4.74 Å². The minimum absolute atomic E-state index is 0.192. The van der Waals surface area contributed by atoms with Crippen molar-refractivity contribution in [3.05, 3.63) is 76.1 Å². The van der Waals surface area contributed by atoms with E-state index >= 15 is 0 Å². The van der Waals surface area contributed by atoms with E-state index in [2.05, 4.69) is 20.0 Å². The molecule has 0 radical (unpaired) electrons. The monoisotopic (exact) mass is 534 g/mol. The highest BCUT2D eigenvalue weighted by Gasteiger charge is 2.37. The second kappa shape index (κ2) is 10.1. The van der Waals surface area contributed by atoms with E-state index in [1.54, 1.807) is 17.3 Å². The fraction of sp³-hybridized carbons (Fsp3) is 0.417. The number of benzene rings is 1. The van der Waals surface area contributed by atoms with Gasteiger partial charge in [-0.15, -0.1) is 13.2 Å². The molecule has 202 valence electrons. The maximum absolute atomic E-state index is 12.4. The summed E-state index contributed by atoms with van der Waals surface area (Å²) in [4.78, 5) is 22.9. The first-order valence-corrected chi connectivity index (χ1v) is 11.9. The average molecular weight is 534 g/mol. The first-order valence-electron chi connectivity index (χ1n) is 11.9. The summed E-state index contributed by atoms with van der Waals surface area (Å²) in [7, 11) is 0. The molecule has 0 spiro atoms. The van der Waals surface area contributed by atoms with Crippen LogP contribution in [0.3, 0.4) is 0 Å². The van der Waals surface area contributed by atoms with Crippen molar-refractivity contribution < 1.29 is 32.7 Å². The highest BCUT2D eigenvalue weighted by atomic mass is 19.4. The Hall–Kier alpha value is -3.91. The van der Waals surface area contributed by atoms with Crippen LogP contribution in [0.5, 0.6) is 5.75 Å². The van der Waals surface area contributed by atoms with Gasteiger partial charge in [0, 0.05) is 38.1 Å². The van der Waals surface area contributed by atoms with E-state index in [1.165, 1.54) is 30.3 Å². The summed E-state index contributed by atoms with van der Waals surface area (Å²) in [5, 5.41) is 25.3. The number of aliphatic hydroxyl groups is 1. The Morgan fingerprint density at radius 2 is 1.95 bits per heavy atom. The van der Waals surface area contributed by atoms with Crippen molar-refractivity contribution in [1.29, 1.82) is 0 Å². The van der Waals surface area contributed by atoms with E-state index in [0.29, 0.717) is 44.6 Å². The summed E-state index contributed by atoms with van der Waals surface area (Å²) in [5.41, 5.74) is 0.330. The largest absolute Gasteiger partial charge is 0.573 e. The van der Waals surface area contributed by atoms with Gasteiger partial charge in [-0.25, -0.2) is 9.98 Å². The minimum atomic E-state index is -4.76. The third-order valence-corrected chi connectivity index (χ3v) is 6.69. The normalized spacial score (nSPS) is 22.5. The maximum atomic E-state index is 12.4. The van der Waals surface area contributed by atoms with Crippen LogP contribution in [0, 0.1) is 10.1 Å². The summed E-state index contributed by atoms with van der Waals surface area (Å²) in [5.74, 6) is 0.431. The number of halogens is 3. The molecular formula is C24H25F3N6O5. The van der Waals surface area contributed by atoms with Gasteiger partial charge in [0.1, 0.15) is 17.7 Å². The van der Waals surface area contributed by atoms with Crippen molar-refractivity contribution in [3.63, 3.8) is 0 Å². The van der Waals surface area contributed by atoms with E-state index in [-0.39, 0.29) is 17.9 Å². The zero-order valence-corrected chi connectivity index (χ0v) is 20.0. The summed E-state index contributed by atoms with van der Waals surface area (Å²) in [6, 6.07) is 9.39. The number of hydrogen-bond acceptors (Lipinski definition) is 10. The number of piperidine rings is 1. The molecule has 5 rings (SSSR count). The number of ether oxygens (including phenoxy) is 2. The third kappa shape index (κ3) is 5.65. The van der Waals surface area contributed by atoms with Crippen LogP contribution in [-0.2, 0) is 16.9 Å². The summed E-state index contributed by atoms with van der Waals surface area (Å²) in [6.45, 7) is 1.94. The molecule has 4 heterocycles. The number of alkyl halides is 3. The molecule has 1 saturated heterocycles. The molecule has 3 aliphatic rings. The van der Waals surface area contributed by atoms with Crippen LogP contribution in [0.25, 0.3) is 0 Å². The van der Waals surface area contributed by atoms with Crippen LogP contribution in [0.15, 0.2) is 59.9 Å². The predicted molar refractivity (Wildman–Crippen MR) is 128 cm³/mol. The summed E-state index contributed by atoms with van der Waals surface area (Å²) >= 11 is 0. The van der Waals surface area contributed by atoms with Crippen molar-refractivity contribution in [1.82, 2.24) is 15.2 Å². The molecule has 0 amide bonds. The standard InChI is InChI=1S/C24H25F3N6O5/c25-24(26,27)38-18-4-2-17(3-5-18)23(34)8-11-31(12-9-23)19-6-1-16(13-28-19)14-29-20-15-30-22-32(20)10-7-21(37-22)33(35)36/h1-7,10,13,20-21,29,34H,8-9,11-12,14-15H2/t20?,21-/m0/s1. The molecule has 2 atom stereocenters. The lowest BCUT2D eigenvalue weighted by atomic mass is 9.84. The lowest BCUT2D eigenvalue weighted by Gasteiger charge is -2.39. The van der Waals surface area contributed by atoms with Crippen molar-refractivity contribution in [2.24, 2.45) is 4.99 Å². The van der Waals surface area contributed by atoms with Crippen LogP contribution in [0.4, 0.5) is 19.0 Å². The first kappa shape index (κ1) is 25.7. The maximum Gasteiger partial charge on any atom is 0.573 e. The smallest absolute Gasteiger partial charge is 0.406 e. The number of pyridine rings is 1. The van der Waals surface area contributed by atoms with Gasteiger partial charge in [-0.3, -0.25) is 20.3 Å². The van der Waals surface area contributed by atoms with Gasteiger partial charge in [0.05, 0.1) is 17.1 Å². The number of hydrogen-bond donors (Lipinski definition) is 2. The molecule has 0 saturated carbocycles.